The highest BCUT2D eigenvalue weighted by Gasteiger charge is 2.33. The Morgan fingerprint density at radius 1 is 0.957 bits per heavy atom. The van der Waals surface area contributed by atoms with E-state index >= 15 is 0 Å². The van der Waals surface area contributed by atoms with Gasteiger partial charge < -0.3 is 29.6 Å². The first-order valence-corrected chi connectivity index (χ1v) is 16.9. The number of carbonyl (C=O) groups excluding carboxylic acids is 3. The molecule has 4 rings (SSSR count). The molecule has 0 aromatic heterocycles. The van der Waals surface area contributed by atoms with E-state index in [4.69, 9.17) is 9.47 Å². The molecule has 0 heterocycles. The average Bonchev–Trinajstić information content (AvgIpc) is 3.04. The summed E-state index contributed by atoms with van der Waals surface area (Å²) in [5.41, 5.74) is 2.84. The highest BCUT2D eigenvalue weighted by Crippen LogP contribution is 2.37. The van der Waals surface area contributed by atoms with E-state index in [9.17, 15) is 24.3 Å². The number of carbonyl (C=O) groups is 4. The molecule has 0 atom stereocenters. The molecule has 2 aliphatic rings. The Balaban J connectivity index is 1.39. The number of nitrogens with one attached hydrogen (secondary N) is 1. The zero-order chi connectivity index (χ0) is 34.0. The molecular formula is C37H51N3O7. The summed E-state index contributed by atoms with van der Waals surface area (Å²) < 4.78 is 11.3. The number of alkyl carbamates (subject to hydrolysis) is 1. The molecule has 2 N–H and O–H groups in total. The number of aryl methyl sites for hydroxylation is 1. The smallest absolute Gasteiger partial charge is 0.412 e. The van der Waals surface area contributed by atoms with Gasteiger partial charge in [0.15, 0.2) is 0 Å². The molecule has 0 saturated heterocycles. The van der Waals surface area contributed by atoms with Gasteiger partial charge in [0.25, 0.3) is 0 Å². The molecule has 0 aliphatic heterocycles. The molecule has 47 heavy (non-hydrogen) atoms. The van der Waals surface area contributed by atoms with Crippen molar-refractivity contribution in [2.45, 2.75) is 109 Å². The lowest BCUT2D eigenvalue weighted by Gasteiger charge is -2.36. The van der Waals surface area contributed by atoms with E-state index in [0.717, 1.165) is 48.7 Å². The topological polar surface area (TPSA) is 125 Å². The van der Waals surface area contributed by atoms with Crippen molar-refractivity contribution in [1.82, 2.24) is 10.2 Å². The fraction of sp³-hybridized carbons (Fsp3) is 0.568. The van der Waals surface area contributed by atoms with Gasteiger partial charge in [0, 0.05) is 37.2 Å². The fourth-order valence-electron chi connectivity index (χ4n) is 6.54. The Morgan fingerprint density at radius 3 is 2.26 bits per heavy atom. The Labute approximate surface area is 278 Å². The summed E-state index contributed by atoms with van der Waals surface area (Å²) in [5.74, 6) is 0.0395. The van der Waals surface area contributed by atoms with Crippen LogP contribution in [-0.2, 0) is 25.5 Å². The monoisotopic (exact) mass is 649 g/mol. The first-order valence-electron chi connectivity index (χ1n) is 16.9. The lowest BCUT2D eigenvalue weighted by Crippen LogP contribution is -2.47. The van der Waals surface area contributed by atoms with Crippen LogP contribution in [0.3, 0.4) is 0 Å². The average molecular weight is 650 g/mol. The highest BCUT2D eigenvalue weighted by atomic mass is 16.6. The first kappa shape index (κ1) is 35.9. The predicted octanol–water partition coefficient (Wildman–Crippen LogP) is 6.84. The number of aldehydes is 1. The largest absolute Gasteiger partial charge is 0.465 e. The quantitative estimate of drug-likeness (QED) is 0.241. The van der Waals surface area contributed by atoms with E-state index in [0.29, 0.717) is 50.8 Å². The lowest BCUT2D eigenvalue weighted by molar-refractivity contribution is -0.138. The van der Waals surface area contributed by atoms with Gasteiger partial charge >= 0.3 is 12.2 Å². The minimum absolute atomic E-state index is 0.0265. The Hall–Kier alpha value is -3.92. The number of nitrogens with zero attached hydrogens (tertiary/aromatic N) is 2. The van der Waals surface area contributed by atoms with Crippen molar-refractivity contribution in [2.24, 2.45) is 5.92 Å². The van der Waals surface area contributed by atoms with Crippen LogP contribution in [-0.4, -0.2) is 78.4 Å². The third-order valence-corrected chi connectivity index (χ3v) is 9.13. The summed E-state index contributed by atoms with van der Waals surface area (Å²) in [6, 6.07) is 15.5. The van der Waals surface area contributed by atoms with Gasteiger partial charge in [-0.2, -0.15) is 0 Å². The second kappa shape index (κ2) is 16.8. The molecule has 3 amide bonds. The van der Waals surface area contributed by atoms with Crippen LogP contribution in [0.25, 0.3) is 11.1 Å². The van der Waals surface area contributed by atoms with Gasteiger partial charge in [-0.05, 0) is 102 Å². The Morgan fingerprint density at radius 2 is 1.64 bits per heavy atom. The summed E-state index contributed by atoms with van der Waals surface area (Å²) in [5, 5.41) is 13.5. The van der Waals surface area contributed by atoms with Crippen molar-refractivity contribution in [2.75, 3.05) is 25.1 Å². The van der Waals surface area contributed by atoms with Gasteiger partial charge in [-0.1, -0.05) is 42.5 Å². The maximum atomic E-state index is 12.9. The summed E-state index contributed by atoms with van der Waals surface area (Å²) in [6.07, 6.45) is 6.74. The van der Waals surface area contributed by atoms with Crippen LogP contribution in [0.4, 0.5) is 15.3 Å². The molecule has 10 nitrogen and oxygen atoms in total. The maximum absolute atomic E-state index is 12.9. The van der Waals surface area contributed by atoms with E-state index in [1.165, 1.54) is 4.90 Å². The molecule has 0 radical (unpaired) electrons. The van der Waals surface area contributed by atoms with Gasteiger partial charge in [-0.15, -0.1) is 0 Å². The molecule has 2 aliphatic carbocycles. The minimum Gasteiger partial charge on any atom is -0.465 e. The van der Waals surface area contributed by atoms with Crippen LogP contribution in [0, 0.1) is 5.92 Å². The van der Waals surface area contributed by atoms with Crippen molar-refractivity contribution in [3.63, 3.8) is 0 Å². The molecular weight excluding hydrogens is 598 g/mol. The van der Waals surface area contributed by atoms with E-state index in [-0.39, 0.29) is 36.6 Å². The zero-order valence-corrected chi connectivity index (χ0v) is 28.3. The summed E-state index contributed by atoms with van der Waals surface area (Å²) in [6.45, 7) is 6.06. The molecule has 2 aromatic carbocycles. The van der Waals surface area contributed by atoms with Crippen molar-refractivity contribution >= 4 is 30.1 Å². The van der Waals surface area contributed by atoms with Gasteiger partial charge in [0.1, 0.15) is 18.5 Å². The van der Waals surface area contributed by atoms with Crippen molar-refractivity contribution in [3.8, 4) is 11.1 Å². The molecule has 0 bridgehead atoms. The van der Waals surface area contributed by atoms with E-state index in [1.54, 1.807) is 11.9 Å². The number of rotatable bonds is 12. The van der Waals surface area contributed by atoms with E-state index in [2.05, 4.69) is 5.32 Å². The van der Waals surface area contributed by atoms with Gasteiger partial charge in [0.2, 0.25) is 5.91 Å². The highest BCUT2D eigenvalue weighted by molar-refractivity contribution is 5.93. The number of hydrogen-bond donors (Lipinski definition) is 2. The number of benzene rings is 2. The Kier molecular flexibility index (Phi) is 12.8. The zero-order valence-electron chi connectivity index (χ0n) is 28.3. The SMILES string of the molecule is CN(CCCc1ccc(-c2ccccc2)c(N(C(=O)O)C2CCC(NC(=O)OC(C)(C)C)CC2)c1)C(=O)COC1CCC(C=O)CC1. The van der Waals surface area contributed by atoms with E-state index < -0.39 is 17.8 Å². The number of anilines is 1. The molecule has 256 valence electrons. The van der Waals surface area contributed by atoms with E-state index in [1.807, 2.05) is 69.3 Å². The molecule has 2 fully saturated rings. The van der Waals surface area contributed by atoms with Crippen LogP contribution >= 0.6 is 0 Å². The standard InChI is InChI=1S/C37H51N3O7/c1-37(2,3)47-35(43)38-29-15-17-30(18-16-29)40(36(44)45)33-23-26(14-21-32(33)28-10-6-5-7-11-28)9-8-22-39(4)34(42)25-46-31-19-12-27(24-41)13-20-31/h5-7,10-11,14,21,23-24,27,29-31H,8-9,12-13,15-20,22,25H2,1-4H3,(H,38,43)(H,44,45). The van der Waals surface area contributed by atoms with Crippen LogP contribution in [0.1, 0.15) is 84.1 Å². The van der Waals surface area contributed by atoms with Crippen molar-refractivity contribution in [3.05, 3.63) is 54.1 Å². The normalized spacial score (nSPS) is 21.4. The third kappa shape index (κ3) is 10.8. The van der Waals surface area contributed by atoms with Gasteiger partial charge in [-0.3, -0.25) is 9.69 Å². The van der Waals surface area contributed by atoms with Crippen LogP contribution < -0.4 is 10.2 Å². The minimum atomic E-state index is -1.01. The Bertz CT molecular complexity index is 1340. The summed E-state index contributed by atoms with van der Waals surface area (Å²) in [4.78, 5) is 52.1. The number of ether oxygens (including phenoxy) is 2. The lowest BCUT2D eigenvalue weighted by atomic mass is 9.88. The van der Waals surface area contributed by atoms with Crippen molar-refractivity contribution < 1.29 is 33.8 Å². The number of likely N-dealkylation sites (N-methyl/N-ethyl adjacent to an activating group) is 1. The van der Waals surface area contributed by atoms with Gasteiger partial charge in [-0.25, -0.2) is 9.59 Å². The van der Waals surface area contributed by atoms with Crippen LogP contribution in [0.2, 0.25) is 0 Å². The first-order chi connectivity index (χ1) is 22.4. The third-order valence-electron chi connectivity index (χ3n) is 9.13. The number of carboxylic acid groups (broad SMARTS) is 1. The molecule has 2 saturated carbocycles. The second-order valence-electron chi connectivity index (χ2n) is 13.9. The summed E-state index contributed by atoms with van der Waals surface area (Å²) in [7, 11) is 1.78. The predicted molar refractivity (Wildman–Crippen MR) is 182 cm³/mol. The van der Waals surface area contributed by atoms with Crippen LogP contribution in [0.15, 0.2) is 48.5 Å². The number of hydrogen-bond acceptors (Lipinski definition) is 6. The molecule has 2 aromatic rings. The molecule has 10 heteroatoms. The van der Waals surface area contributed by atoms with Crippen LogP contribution in [0.5, 0.6) is 0 Å². The maximum Gasteiger partial charge on any atom is 0.412 e. The fourth-order valence-corrected chi connectivity index (χ4v) is 6.54. The number of amides is 3. The molecule has 0 unspecified atom stereocenters. The van der Waals surface area contributed by atoms with Gasteiger partial charge in [0.05, 0.1) is 11.8 Å². The summed E-state index contributed by atoms with van der Waals surface area (Å²) >= 11 is 0. The molecule has 0 spiro atoms. The second-order valence-corrected chi connectivity index (χ2v) is 13.9. The van der Waals surface area contributed by atoms with Crippen molar-refractivity contribution in [1.29, 1.82) is 0 Å².